The van der Waals surface area contributed by atoms with E-state index in [9.17, 15) is 18.0 Å². The van der Waals surface area contributed by atoms with E-state index < -0.39 is 16.8 Å². The SMILES string of the molecule is C=C(Cl)/C(=C\C(=C/C)C(CCC)CC(=O)CCC)C(F)(F)F. The summed E-state index contributed by atoms with van der Waals surface area (Å²) >= 11 is 5.49. The number of hydrogen-bond acceptors (Lipinski definition) is 1. The molecule has 0 aliphatic rings. The van der Waals surface area contributed by atoms with Gasteiger partial charge in [-0.25, -0.2) is 0 Å². The average Bonchev–Trinajstić information content (AvgIpc) is 2.37. The Labute approximate surface area is 135 Å². The summed E-state index contributed by atoms with van der Waals surface area (Å²) in [4.78, 5) is 11.9. The van der Waals surface area contributed by atoms with Crippen LogP contribution in [0, 0.1) is 5.92 Å². The lowest BCUT2D eigenvalue weighted by Crippen LogP contribution is -2.15. The molecule has 0 radical (unpaired) electrons. The first-order valence-corrected chi connectivity index (χ1v) is 7.86. The summed E-state index contributed by atoms with van der Waals surface area (Å²) in [7, 11) is 0. The number of ketones is 1. The van der Waals surface area contributed by atoms with Gasteiger partial charge in [-0.2, -0.15) is 13.2 Å². The molecule has 0 amide bonds. The van der Waals surface area contributed by atoms with Crippen LogP contribution in [-0.4, -0.2) is 12.0 Å². The van der Waals surface area contributed by atoms with E-state index in [0.717, 1.165) is 18.9 Å². The molecule has 0 aliphatic carbocycles. The van der Waals surface area contributed by atoms with Gasteiger partial charge in [0.1, 0.15) is 5.78 Å². The quantitative estimate of drug-likeness (QED) is 0.448. The zero-order valence-electron chi connectivity index (χ0n) is 13.4. The Morgan fingerprint density at radius 3 is 2.23 bits per heavy atom. The Bertz CT molecular complexity index is 447. The molecule has 0 heterocycles. The molecule has 1 unspecified atom stereocenters. The van der Waals surface area contributed by atoms with Gasteiger partial charge in [0.05, 0.1) is 5.57 Å². The topological polar surface area (TPSA) is 17.1 Å². The molecule has 0 bridgehead atoms. The molecule has 1 nitrogen and oxygen atoms in total. The largest absolute Gasteiger partial charge is 0.417 e. The van der Waals surface area contributed by atoms with Gasteiger partial charge < -0.3 is 0 Å². The second-order valence-electron chi connectivity index (χ2n) is 5.23. The number of carbonyl (C=O) groups is 1. The minimum Gasteiger partial charge on any atom is -0.300 e. The third kappa shape index (κ3) is 7.30. The molecule has 0 aromatic rings. The Morgan fingerprint density at radius 2 is 1.86 bits per heavy atom. The molecule has 0 rings (SSSR count). The molecular weight excluding hydrogens is 313 g/mol. The van der Waals surface area contributed by atoms with E-state index in [1.807, 2.05) is 13.8 Å². The number of rotatable bonds is 9. The van der Waals surface area contributed by atoms with E-state index in [1.165, 1.54) is 0 Å². The van der Waals surface area contributed by atoms with Crippen LogP contribution in [0.4, 0.5) is 13.2 Å². The zero-order chi connectivity index (χ0) is 17.3. The summed E-state index contributed by atoms with van der Waals surface area (Å²) in [5.41, 5.74) is -0.466. The number of hydrogen-bond donors (Lipinski definition) is 0. The number of Topliss-reactive ketones (excluding diaryl/α,β-unsaturated/α-hetero) is 1. The summed E-state index contributed by atoms with van der Waals surface area (Å²) in [5, 5.41) is -0.540. The minimum absolute atomic E-state index is 0.0759. The maximum Gasteiger partial charge on any atom is 0.417 e. The van der Waals surface area contributed by atoms with Gasteiger partial charge in [0.2, 0.25) is 0 Å². The number of alkyl halides is 3. The van der Waals surface area contributed by atoms with Crippen molar-refractivity contribution in [2.45, 2.75) is 59.1 Å². The molecule has 0 N–H and O–H groups in total. The molecule has 0 aromatic carbocycles. The van der Waals surface area contributed by atoms with Crippen LogP contribution < -0.4 is 0 Å². The fraction of sp³-hybridized carbons (Fsp3) is 0.588. The third-order valence-corrected chi connectivity index (χ3v) is 3.56. The molecule has 0 spiro atoms. The van der Waals surface area contributed by atoms with Gasteiger partial charge in [0.15, 0.2) is 0 Å². The zero-order valence-corrected chi connectivity index (χ0v) is 14.2. The summed E-state index contributed by atoms with van der Waals surface area (Å²) in [5.74, 6) is -0.144. The fourth-order valence-corrected chi connectivity index (χ4v) is 2.47. The molecule has 0 aromatic heterocycles. The molecule has 0 aliphatic heterocycles. The minimum atomic E-state index is -4.56. The standard InChI is InChI=1S/C17H24ClF3O/c1-5-8-14(10-15(22)9-6-2)13(7-3)11-16(12(4)18)17(19,20)21/h7,11,14H,4-6,8-10H2,1-3H3/b13-7+,16-11+. The molecule has 0 fully saturated rings. The second kappa shape index (κ2) is 9.88. The molecule has 0 saturated heterocycles. The highest BCUT2D eigenvalue weighted by atomic mass is 35.5. The van der Waals surface area contributed by atoms with Crippen LogP contribution >= 0.6 is 11.6 Å². The number of halogens is 4. The number of allylic oxidation sites excluding steroid dienone is 5. The van der Waals surface area contributed by atoms with E-state index in [2.05, 4.69) is 6.58 Å². The van der Waals surface area contributed by atoms with Crippen LogP contribution in [0.1, 0.15) is 52.9 Å². The first kappa shape index (κ1) is 21.0. The van der Waals surface area contributed by atoms with Crippen molar-refractivity contribution < 1.29 is 18.0 Å². The van der Waals surface area contributed by atoms with Crippen LogP contribution in [0.2, 0.25) is 0 Å². The van der Waals surface area contributed by atoms with Crippen LogP contribution in [0.3, 0.4) is 0 Å². The lowest BCUT2D eigenvalue weighted by Gasteiger charge is -2.19. The highest BCUT2D eigenvalue weighted by molar-refractivity contribution is 6.31. The van der Waals surface area contributed by atoms with Crippen LogP contribution in [0.5, 0.6) is 0 Å². The summed E-state index contributed by atoms with van der Waals surface area (Å²) < 4.78 is 39.0. The van der Waals surface area contributed by atoms with Crippen molar-refractivity contribution in [2.75, 3.05) is 0 Å². The normalized spacial score (nSPS) is 14.9. The van der Waals surface area contributed by atoms with Crippen molar-refractivity contribution in [2.24, 2.45) is 5.92 Å². The predicted octanol–water partition coefficient (Wildman–Crippen LogP) is 6.35. The van der Waals surface area contributed by atoms with E-state index in [-0.39, 0.29) is 18.1 Å². The van der Waals surface area contributed by atoms with Gasteiger partial charge in [-0.1, -0.05) is 44.5 Å². The van der Waals surface area contributed by atoms with E-state index in [1.54, 1.807) is 13.0 Å². The highest BCUT2D eigenvalue weighted by Gasteiger charge is 2.35. The molecule has 22 heavy (non-hydrogen) atoms. The van der Waals surface area contributed by atoms with Crippen molar-refractivity contribution in [1.29, 1.82) is 0 Å². The highest BCUT2D eigenvalue weighted by Crippen LogP contribution is 2.35. The van der Waals surface area contributed by atoms with Gasteiger partial charge in [0, 0.05) is 17.9 Å². The van der Waals surface area contributed by atoms with Gasteiger partial charge in [-0.05, 0) is 37.3 Å². The Kier molecular flexibility index (Phi) is 9.42. The molecule has 5 heteroatoms. The molecule has 0 saturated carbocycles. The average molecular weight is 337 g/mol. The van der Waals surface area contributed by atoms with Crippen LogP contribution in [-0.2, 0) is 4.79 Å². The first-order chi connectivity index (χ1) is 10.2. The van der Waals surface area contributed by atoms with Crippen molar-refractivity contribution in [3.05, 3.63) is 34.9 Å². The summed E-state index contributed by atoms with van der Waals surface area (Å²) in [6, 6.07) is 0. The van der Waals surface area contributed by atoms with Crippen LogP contribution in [0.15, 0.2) is 34.9 Å². The van der Waals surface area contributed by atoms with Crippen LogP contribution in [0.25, 0.3) is 0 Å². The van der Waals surface area contributed by atoms with Gasteiger partial charge in [0.25, 0.3) is 0 Å². The summed E-state index contributed by atoms with van der Waals surface area (Å²) in [6.07, 6.45) is 0.985. The number of carbonyl (C=O) groups excluding carboxylic acids is 1. The molecule has 1 atom stereocenters. The Hall–Kier alpha value is -1.03. The molecule has 126 valence electrons. The fourth-order valence-electron chi connectivity index (χ4n) is 2.31. The van der Waals surface area contributed by atoms with Crippen molar-refractivity contribution in [3.8, 4) is 0 Å². The van der Waals surface area contributed by atoms with E-state index >= 15 is 0 Å². The lowest BCUT2D eigenvalue weighted by atomic mass is 9.87. The smallest absolute Gasteiger partial charge is 0.300 e. The maximum absolute atomic E-state index is 13.0. The Morgan fingerprint density at radius 1 is 1.27 bits per heavy atom. The van der Waals surface area contributed by atoms with Gasteiger partial charge in [-0.3, -0.25) is 4.79 Å². The van der Waals surface area contributed by atoms with Gasteiger partial charge in [-0.15, -0.1) is 0 Å². The lowest BCUT2D eigenvalue weighted by molar-refractivity contribution is -0.119. The molecular formula is C17H24ClF3O. The monoisotopic (exact) mass is 336 g/mol. The van der Waals surface area contributed by atoms with Crippen molar-refractivity contribution >= 4 is 17.4 Å². The van der Waals surface area contributed by atoms with Crippen molar-refractivity contribution in [1.82, 2.24) is 0 Å². The predicted molar refractivity (Wildman–Crippen MR) is 85.8 cm³/mol. The second-order valence-corrected chi connectivity index (χ2v) is 5.68. The maximum atomic E-state index is 13.0. The van der Waals surface area contributed by atoms with E-state index in [0.29, 0.717) is 18.4 Å². The van der Waals surface area contributed by atoms with E-state index in [4.69, 9.17) is 11.6 Å². The third-order valence-electron chi connectivity index (χ3n) is 3.35. The summed E-state index contributed by atoms with van der Waals surface area (Å²) in [6.45, 7) is 8.71. The van der Waals surface area contributed by atoms with Crippen molar-refractivity contribution in [3.63, 3.8) is 0 Å². The Balaban J connectivity index is 5.48. The van der Waals surface area contributed by atoms with Gasteiger partial charge >= 0.3 is 6.18 Å². The first-order valence-electron chi connectivity index (χ1n) is 7.48.